The number of hydrogen-bond donors (Lipinski definition) is 2. The minimum atomic E-state index is -3.94. The molecule has 1 aromatic carbocycles. The fourth-order valence-electron chi connectivity index (χ4n) is 1.45. The third kappa shape index (κ3) is 5.91. The molecule has 7 nitrogen and oxygen atoms in total. The van der Waals surface area contributed by atoms with Gasteiger partial charge in [0.05, 0.1) is 4.92 Å². The van der Waals surface area contributed by atoms with E-state index in [1.807, 2.05) is 0 Å². The van der Waals surface area contributed by atoms with Crippen molar-refractivity contribution < 1.29 is 18.4 Å². The summed E-state index contributed by atoms with van der Waals surface area (Å²) in [4.78, 5) is 9.81. The van der Waals surface area contributed by atoms with Crippen molar-refractivity contribution in [3.8, 4) is 0 Å². The van der Waals surface area contributed by atoms with E-state index in [0.717, 1.165) is 11.8 Å². The van der Waals surface area contributed by atoms with E-state index in [4.69, 9.17) is 5.11 Å². The van der Waals surface area contributed by atoms with Crippen LogP contribution in [-0.4, -0.2) is 43.1 Å². The molecular formula is C11H15BrN2O5S2. The Morgan fingerprint density at radius 3 is 2.71 bits per heavy atom. The Labute approximate surface area is 135 Å². The molecule has 0 spiro atoms. The summed E-state index contributed by atoms with van der Waals surface area (Å²) in [6.45, 7) is 0.269. The molecule has 2 N–H and O–H groups in total. The normalized spacial score (nSPS) is 11.5. The molecule has 10 heteroatoms. The lowest BCUT2D eigenvalue weighted by molar-refractivity contribution is -0.387. The van der Waals surface area contributed by atoms with Crippen LogP contribution in [0.15, 0.2) is 27.6 Å². The summed E-state index contributed by atoms with van der Waals surface area (Å²) in [5.74, 6) is 1.26. The molecule has 0 unspecified atom stereocenters. The van der Waals surface area contributed by atoms with E-state index >= 15 is 0 Å². The first-order valence-corrected chi connectivity index (χ1v) is 9.44. The van der Waals surface area contributed by atoms with Crippen molar-refractivity contribution in [3.05, 3.63) is 32.8 Å². The van der Waals surface area contributed by atoms with Crippen LogP contribution >= 0.6 is 27.7 Å². The molecule has 118 valence electrons. The number of nitrogens with one attached hydrogen (secondary N) is 1. The maximum Gasteiger partial charge on any atom is 0.289 e. The van der Waals surface area contributed by atoms with Crippen LogP contribution in [-0.2, 0) is 10.0 Å². The fraction of sp³-hybridized carbons (Fsp3) is 0.455. The number of hydrogen-bond acceptors (Lipinski definition) is 6. The van der Waals surface area contributed by atoms with Gasteiger partial charge in [-0.3, -0.25) is 10.1 Å². The maximum atomic E-state index is 12.1. The van der Waals surface area contributed by atoms with Crippen LogP contribution < -0.4 is 4.72 Å². The van der Waals surface area contributed by atoms with Crippen LogP contribution in [0.5, 0.6) is 0 Å². The Morgan fingerprint density at radius 1 is 1.38 bits per heavy atom. The van der Waals surface area contributed by atoms with Crippen molar-refractivity contribution in [2.45, 2.75) is 11.3 Å². The van der Waals surface area contributed by atoms with Gasteiger partial charge in [-0.05, 0) is 24.3 Å². The summed E-state index contributed by atoms with van der Waals surface area (Å²) >= 11 is 4.60. The molecule has 0 fully saturated rings. The monoisotopic (exact) mass is 398 g/mol. The lowest BCUT2D eigenvalue weighted by Crippen LogP contribution is -2.26. The lowest BCUT2D eigenvalue weighted by atomic mass is 10.3. The summed E-state index contributed by atoms with van der Waals surface area (Å²) in [5, 5.41) is 19.5. The number of halogens is 1. The average Bonchev–Trinajstić information content (AvgIpc) is 2.42. The Kier molecular flexibility index (Phi) is 7.60. The number of nitro groups is 1. The van der Waals surface area contributed by atoms with E-state index in [9.17, 15) is 18.5 Å². The second-order valence-corrected chi connectivity index (χ2v) is 7.83. The predicted octanol–water partition coefficient (Wildman–Crippen LogP) is 1.75. The van der Waals surface area contributed by atoms with E-state index in [2.05, 4.69) is 20.7 Å². The van der Waals surface area contributed by atoms with Crippen LogP contribution in [0, 0.1) is 10.1 Å². The third-order valence-electron chi connectivity index (χ3n) is 2.39. The molecule has 0 saturated heterocycles. The first-order chi connectivity index (χ1) is 9.88. The quantitative estimate of drug-likeness (QED) is 0.372. The van der Waals surface area contributed by atoms with Gasteiger partial charge in [-0.25, -0.2) is 13.1 Å². The molecule has 0 radical (unpaired) electrons. The van der Waals surface area contributed by atoms with Crippen LogP contribution in [0.1, 0.15) is 6.42 Å². The molecule has 0 heterocycles. The van der Waals surface area contributed by atoms with E-state index in [1.165, 1.54) is 23.9 Å². The maximum absolute atomic E-state index is 12.1. The zero-order valence-electron chi connectivity index (χ0n) is 11.0. The fourth-order valence-corrected chi connectivity index (χ4v) is 4.10. The highest BCUT2D eigenvalue weighted by molar-refractivity contribution is 9.10. The summed E-state index contributed by atoms with van der Waals surface area (Å²) < 4.78 is 27.0. The molecule has 0 bridgehead atoms. The Bertz CT molecular complexity index is 594. The van der Waals surface area contributed by atoms with Gasteiger partial charge < -0.3 is 5.11 Å². The average molecular weight is 399 g/mol. The highest BCUT2D eigenvalue weighted by atomic mass is 79.9. The SMILES string of the molecule is O=[N+]([O-])c1ccc(Br)cc1S(=O)(=O)NCCSCCCO. The molecule has 21 heavy (non-hydrogen) atoms. The number of aliphatic hydroxyl groups is 1. The van der Waals surface area contributed by atoms with Crippen molar-refractivity contribution in [3.63, 3.8) is 0 Å². The summed E-state index contributed by atoms with van der Waals surface area (Å²) in [7, 11) is -3.94. The van der Waals surface area contributed by atoms with Gasteiger partial charge in [-0.1, -0.05) is 15.9 Å². The number of rotatable bonds is 9. The summed E-state index contributed by atoms with van der Waals surface area (Å²) in [6, 6.07) is 3.77. The van der Waals surface area contributed by atoms with Crippen molar-refractivity contribution in [2.24, 2.45) is 0 Å². The first-order valence-electron chi connectivity index (χ1n) is 6.00. The molecule has 1 rings (SSSR count). The second kappa shape index (κ2) is 8.69. The smallest absolute Gasteiger partial charge is 0.289 e. The highest BCUT2D eigenvalue weighted by Gasteiger charge is 2.25. The van der Waals surface area contributed by atoms with Crippen molar-refractivity contribution >= 4 is 43.4 Å². The summed E-state index contributed by atoms with van der Waals surface area (Å²) in [6.07, 6.45) is 0.647. The Morgan fingerprint density at radius 2 is 2.10 bits per heavy atom. The van der Waals surface area contributed by atoms with E-state index in [1.54, 1.807) is 0 Å². The third-order valence-corrected chi connectivity index (χ3v) is 5.45. The highest BCUT2D eigenvalue weighted by Crippen LogP contribution is 2.26. The molecule has 1 aromatic rings. The van der Waals surface area contributed by atoms with Gasteiger partial charge >= 0.3 is 0 Å². The van der Waals surface area contributed by atoms with Gasteiger partial charge in [-0.2, -0.15) is 11.8 Å². The number of sulfonamides is 1. The number of thioether (sulfide) groups is 1. The molecule has 0 aliphatic heterocycles. The zero-order chi connectivity index (χ0) is 15.9. The molecule has 0 aromatic heterocycles. The van der Waals surface area contributed by atoms with Gasteiger partial charge in [0.1, 0.15) is 0 Å². The van der Waals surface area contributed by atoms with Crippen molar-refractivity contribution in [1.82, 2.24) is 4.72 Å². The molecule has 0 aliphatic rings. The molecular weight excluding hydrogens is 384 g/mol. The summed E-state index contributed by atoms with van der Waals surface area (Å²) in [5.41, 5.74) is -0.460. The van der Waals surface area contributed by atoms with Gasteiger partial charge in [0.15, 0.2) is 4.90 Å². The van der Waals surface area contributed by atoms with Crippen LogP contribution in [0.25, 0.3) is 0 Å². The molecule has 0 amide bonds. The molecule has 0 saturated carbocycles. The number of benzene rings is 1. The van der Waals surface area contributed by atoms with Gasteiger partial charge in [0.25, 0.3) is 5.69 Å². The van der Waals surface area contributed by atoms with E-state index < -0.39 is 20.6 Å². The minimum absolute atomic E-state index is 0.100. The van der Waals surface area contributed by atoms with Crippen molar-refractivity contribution in [2.75, 3.05) is 24.7 Å². The van der Waals surface area contributed by atoms with Crippen LogP contribution in [0.4, 0.5) is 5.69 Å². The van der Waals surface area contributed by atoms with Gasteiger partial charge in [-0.15, -0.1) is 0 Å². The van der Waals surface area contributed by atoms with Crippen LogP contribution in [0.3, 0.4) is 0 Å². The largest absolute Gasteiger partial charge is 0.396 e. The van der Waals surface area contributed by atoms with Crippen LogP contribution in [0.2, 0.25) is 0 Å². The lowest BCUT2D eigenvalue weighted by Gasteiger charge is -2.07. The number of nitro benzene ring substituents is 1. The minimum Gasteiger partial charge on any atom is -0.396 e. The van der Waals surface area contributed by atoms with Gasteiger partial charge in [0.2, 0.25) is 10.0 Å². The topological polar surface area (TPSA) is 110 Å². The number of aliphatic hydroxyl groups excluding tert-OH is 1. The second-order valence-electron chi connectivity index (χ2n) is 3.96. The van der Waals surface area contributed by atoms with Crippen molar-refractivity contribution in [1.29, 1.82) is 0 Å². The standard InChI is InChI=1S/C11H15BrN2O5S2/c12-9-2-3-10(14(16)17)11(8-9)21(18,19)13-4-7-20-6-1-5-15/h2-3,8,13,15H,1,4-7H2. The van der Waals surface area contributed by atoms with E-state index in [-0.39, 0.29) is 18.0 Å². The Balaban J connectivity index is 2.74. The molecule has 0 aliphatic carbocycles. The first kappa shape index (κ1) is 18.4. The van der Waals surface area contributed by atoms with Gasteiger partial charge in [0, 0.05) is 29.4 Å². The van der Waals surface area contributed by atoms with E-state index in [0.29, 0.717) is 16.6 Å². The zero-order valence-corrected chi connectivity index (χ0v) is 14.2. The number of nitrogens with zero attached hydrogens (tertiary/aromatic N) is 1. The molecule has 0 atom stereocenters. The Hall–Kier alpha value is -0.680. The predicted molar refractivity (Wildman–Crippen MR) is 85.0 cm³/mol.